The van der Waals surface area contributed by atoms with Crippen LogP contribution in [0, 0.1) is 0 Å². The minimum atomic E-state index is -0.882. The number of rotatable bonds is 8. The van der Waals surface area contributed by atoms with Gasteiger partial charge in [0.2, 0.25) is 0 Å². The molecule has 1 rings (SSSR count). The average molecular weight is 270 g/mol. The van der Waals surface area contributed by atoms with Crippen LogP contribution in [0.2, 0.25) is 0 Å². The zero-order valence-electron chi connectivity index (χ0n) is 11.4. The molecule has 108 valence electrons. The number of carboxylic acid groups (broad SMARTS) is 1. The van der Waals surface area contributed by atoms with Crippen LogP contribution >= 0.6 is 0 Å². The minimum Gasteiger partial charge on any atom is -0.481 e. The first-order valence-corrected chi connectivity index (χ1v) is 6.42. The number of hydrogen-bond acceptors (Lipinski definition) is 3. The van der Waals surface area contributed by atoms with Crippen molar-refractivity contribution in [3.8, 4) is 0 Å². The molecule has 0 unspecified atom stereocenters. The molecule has 1 saturated carbocycles. The van der Waals surface area contributed by atoms with E-state index >= 15 is 0 Å². The molecule has 0 atom stereocenters. The van der Waals surface area contributed by atoms with E-state index in [0.29, 0.717) is 19.7 Å². The highest BCUT2D eigenvalue weighted by molar-refractivity contribution is 5.77. The molecule has 6 nitrogen and oxygen atoms in total. The summed E-state index contributed by atoms with van der Waals surface area (Å²) >= 11 is 0. The Kier molecular flexibility index (Phi) is 5.82. The first-order valence-electron chi connectivity index (χ1n) is 6.42. The van der Waals surface area contributed by atoms with E-state index in [9.17, 15) is 9.59 Å². The molecule has 0 aromatic carbocycles. The maximum absolute atomic E-state index is 12.1. The SMILES string of the molecule is C=CCN(CCOC)C(=O)NC1(CC(=O)O)CCC1. The summed E-state index contributed by atoms with van der Waals surface area (Å²) in [5, 5.41) is 11.8. The van der Waals surface area contributed by atoms with Crippen LogP contribution in [0.4, 0.5) is 4.79 Å². The van der Waals surface area contributed by atoms with E-state index in [1.54, 1.807) is 18.1 Å². The molecule has 1 aliphatic carbocycles. The van der Waals surface area contributed by atoms with Gasteiger partial charge in [0.15, 0.2) is 0 Å². The van der Waals surface area contributed by atoms with Crippen LogP contribution < -0.4 is 5.32 Å². The molecule has 0 saturated heterocycles. The molecule has 6 heteroatoms. The molecule has 1 aliphatic rings. The van der Waals surface area contributed by atoms with Gasteiger partial charge in [-0.3, -0.25) is 4.79 Å². The lowest BCUT2D eigenvalue weighted by molar-refractivity contribution is -0.139. The third kappa shape index (κ3) is 4.55. The van der Waals surface area contributed by atoms with Gasteiger partial charge >= 0.3 is 12.0 Å². The van der Waals surface area contributed by atoms with Crippen molar-refractivity contribution in [1.82, 2.24) is 10.2 Å². The van der Waals surface area contributed by atoms with E-state index in [2.05, 4.69) is 11.9 Å². The van der Waals surface area contributed by atoms with Gasteiger partial charge < -0.3 is 20.1 Å². The van der Waals surface area contributed by atoms with Crippen molar-refractivity contribution in [3.63, 3.8) is 0 Å². The highest BCUT2D eigenvalue weighted by Gasteiger charge is 2.41. The van der Waals surface area contributed by atoms with Crippen LogP contribution in [0.1, 0.15) is 25.7 Å². The lowest BCUT2D eigenvalue weighted by Crippen LogP contribution is -2.58. The number of carbonyl (C=O) groups is 2. The first-order chi connectivity index (χ1) is 9.03. The summed E-state index contributed by atoms with van der Waals surface area (Å²) in [5.41, 5.74) is -0.574. The van der Waals surface area contributed by atoms with Gasteiger partial charge in [-0.05, 0) is 19.3 Å². The number of aliphatic carboxylic acids is 1. The summed E-state index contributed by atoms with van der Waals surface area (Å²) in [7, 11) is 1.57. The fourth-order valence-corrected chi connectivity index (χ4v) is 2.18. The number of hydrogen-bond donors (Lipinski definition) is 2. The van der Waals surface area contributed by atoms with Crippen molar-refractivity contribution in [2.75, 3.05) is 26.8 Å². The Morgan fingerprint density at radius 1 is 1.53 bits per heavy atom. The van der Waals surface area contributed by atoms with Gasteiger partial charge in [0, 0.05) is 20.2 Å². The number of nitrogens with zero attached hydrogens (tertiary/aromatic N) is 1. The number of ether oxygens (including phenoxy) is 1. The Labute approximate surface area is 113 Å². The third-order valence-corrected chi connectivity index (χ3v) is 3.37. The van der Waals surface area contributed by atoms with Gasteiger partial charge in [-0.25, -0.2) is 4.79 Å². The summed E-state index contributed by atoms with van der Waals surface area (Å²) in [5.74, 6) is -0.882. The second-order valence-corrected chi connectivity index (χ2v) is 4.86. The molecule has 2 amide bonds. The number of urea groups is 1. The zero-order chi connectivity index (χ0) is 14.3. The van der Waals surface area contributed by atoms with E-state index in [0.717, 1.165) is 19.3 Å². The molecule has 2 N–H and O–H groups in total. The third-order valence-electron chi connectivity index (χ3n) is 3.37. The van der Waals surface area contributed by atoms with Crippen LogP contribution in [-0.2, 0) is 9.53 Å². The van der Waals surface area contributed by atoms with Crippen molar-refractivity contribution in [2.45, 2.75) is 31.2 Å². The topological polar surface area (TPSA) is 78.9 Å². The largest absolute Gasteiger partial charge is 0.481 e. The van der Waals surface area contributed by atoms with Crippen LogP contribution in [0.3, 0.4) is 0 Å². The second kappa shape index (κ2) is 7.13. The monoisotopic (exact) mass is 270 g/mol. The molecular weight excluding hydrogens is 248 g/mol. The number of carbonyl (C=O) groups excluding carboxylic acids is 1. The van der Waals surface area contributed by atoms with Gasteiger partial charge in [-0.2, -0.15) is 0 Å². The summed E-state index contributed by atoms with van der Waals surface area (Å²) in [6, 6.07) is -0.252. The standard InChI is InChI=1S/C13H22N2O4/c1-3-7-15(8-9-19-2)12(18)14-13(5-4-6-13)10-11(16)17/h3H,1,4-10H2,2H3,(H,14,18)(H,16,17). The van der Waals surface area contributed by atoms with Crippen molar-refractivity contribution < 1.29 is 19.4 Å². The maximum Gasteiger partial charge on any atom is 0.318 e. The van der Waals surface area contributed by atoms with Gasteiger partial charge in [0.25, 0.3) is 0 Å². The van der Waals surface area contributed by atoms with Crippen LogP contribution in [0.5, 0.6) is 0 Å². The lowest BCUT2D eigenvalue weighted by atomic mass is 9.74. The lowest BCUT2D eigenvalue weighted by Gasteiger charge is -2.42. The van der Waals surface area contributed by atoms with Gasteiger partial charge in [-0.1, -0.05) is 6.08 Å². The van der Waals surface area contributed by atoms with Crippen molar-refractivity contribution in [1.29, 1.82) is 0 Å². The van der Waals surface area contributed by atoms with Crippen LogP contribution in [0.15, 0.2) is 12.7 Å². The summed E-state index contributed by atoms with van der Waals surface area (Å²) in [6.07, 6.45) is 4.01. The fourth-order valence-electron chi connectivity index (χ4n) is 2.18. The second-order valence-electron chi connectivity index (χ2n) is 4.86. The van der Waals surface area contributed by atoms with E-state index < -0.39 is 11.5 Å². The summed E-state index contributed by atoms with van der Waals surface area (Å²) in [6.45, 7) is 4.92. The Morgan fingerprint density at radius 2 is 2.21 bits per heavy atom. The van der Waals surface area contributed by atoms with Gasteiger partial charge in [0.1, 0.15) is 0 Å². The molecule has 1 fully saturated rings. The normalized spacial score (nSPS) is 16.3. The molecule has 19 heavy (non-hydrogen) atoms. The maximum atomic E-state index is 12.1. The number of nitrogens with one attached hydrogen (secondary N) is 1. The van der Waals surface area contributed by atoms with Gasteiger partial charge in [-0.15, -0.1) is 6.58 Å². The molecule has 0 radical (unpaired) electrons. The van der Waals surface area contributed by atoms with E-state index in [1.807, 2.05) is 0 Å². The van der Waals surface area contributed by atoms with Crippen LogP contribution in [-0.4, -0.2) is 54.4 Å². The quantitative estimate of drug-likeness (QED) is 0.650. The fraction of sp³-hybridized carbons (Fsp3) is 0.692. The van der Waals surface area contributed by atoms with E-state index in [-0.39, 0.29) is 12.5 Å². The number of carboxylic acids is 1. The molecule has 0 aliphatic heterocycles. The molecule has 0 aromatic rings. The van der Waals surface area contributed by atoms with Gasteiger partial charge in [0.05, 0.1) is 18.6 Å². The zero-order valence-corrected chi connectivity index (χ0v) is 11.4. The van der Waals surface area contributed by atoms with Crippen LogP contribution in [0.25, 0.3) is 0 Å². The Balaban J connectivity index is 2.58. The van der Waals surface area contributed by atoms with Crippen molar-refractivity contribution in [3.05, 3.63) is 12.7 Å². The van der Waals surface area contributed by atoms with E-state index in [4.69, 9.17) is 9.84 Å². The summed E-state index contributed by atoms with van der Waals surface area (Å²) in [4.78, 5) is 24.6. The minimum absolute atomic E-state index is 0.0229. The summed E-state index contributed by atoms with van der Waals surface area (Å²) < 4.78 is 4.95. The molecule has 0 aromatic heterocycles. The molecular formula is C13H22N2O4. The number of amides is 2. The molecule has 0 heterocycles. The highest BCUT2D eigenvalue weighted by Crippen LogP contribution is 2.35. The van der Waals surface area contributed by atoms with Crippen molar-refractivity contribution >= 4 is 12.0 Å². The Bertz CT molecular complexity index is 340. The Hall–Kier alpha value is -1.56. The van der Waals surface area contributed by atoms with E-state index in [1.165, 1.54) is 0 Å². The molecule has 0 spiro atoms. The van der Waals surface area contributed by atoms with Crippen molar-refractivity contribution in [2.24, 2.45) is 0 Å². The highest BCUT2D eigenvalue weighted by atomic mass is 16.5. The molecule has 0 bridgehead atoms. The smallest absolute Gasteiger partial charge is 0.318 e. The first kappa shape index (κ1) is 15.5. The average Bonchev–Trinajstić information content (AvgIpc) is 2.30. The number of methoxy groups -OCH3 is 1. The predicted molar refractivity (Wildman–Crippen MR) is 71.0 cm³/mol. The predicted octanol–water partition coefficient (Wildman–Crippen LogP) is 1.23. The Morgan fingerprint density at radius 3 is 2.63 bits per heavy atom.